The topological polar surface area (TPSA) is 48.4 Å². The van der Waals surface area contributed by atoms with E-state index in [2.05, 4.69) is 9.72 Å². The van der Waals surface area contributed by atoms with Crippen LogP contribution in [0.4, 0.5) is 4.39 Å². The molecule has 0 aliphatic carbocycles. The summed E-state index contributed by atoms with van der Waals surface area (Å²) in [4.78, 5) is 14.7. The van der Waals surface area contributed by atoms with Gasteiger partial charge in [0.25, 0.3) is 0 Å². The van der Waals surface area contributed by atoms with Crippen molar-refractivity contribution in [1.82, 2.24) is 4.98 Å². The van der Waals surface area contributed by atoms with E-state index in [1.54, 1.807) is 0 Å². The normalized spacial score (nSPS) is 9.64. The van der Waals surface area contributed by atoms with E-state index in [1.165, 1.54) is 20.3 Å². The molecular weight excluding hydrogens is 189 g/mol. The van der Waals surface area contributed by atoms with Crippen molar-refractivity contribution in [3.63, 3.8) is 0 Å². The zero-order valence-corrected chi connectivity index (χ0v) is 7.91. The minimum absolute atomic E-state index is 0.0649. The van der Waals surface area contributed by atoms with Gasteiger partial charge in [0.2, 0.25) is 5.88 Å². The van der Waals surface area contributed by atoms with Crippen LogP contribution in [0.2, 0.25) is 0 Å². The number of aromatic nitrogens is 1. The number of ether oxygens (including phenoxy) is 2. The summed E-state index contributed by atoms with van der Waals surface area (Å²) in [7, 11) is 2.64. The maximum absolute atomic E-state index is 12.9. The van der Waals surface area contributed by atoms with Gasteiger partial charge in [-0.3, -0.25) is 4.79 Å². The molecule has 0 N–H and O–H groups in total. The molecule has 0 bridgehead atoms. The smallest absolute Gasteiger partial charge is 0.311 e. The Kier molecular flexibility index (Phi) is 3.39. The van der Waals surface area contributed by atoms with Crippen LogP contribution in [0.5, 0.6) is 5.88 Å². The van der Waals surface area contributed by atoms with Gasteiger partial charge >= 0.3 is 5.97 Å². The molecule has 76 valence electrons. The van der Waals surface area contributed by atoms with Crippen molar-refractivity contribution in [3.05, 3.63) is 23.6 Å². The lowest BCUT2D eigenvalue weighted by Crippen LogP contribution is -2.07. The molecule has 0 radical (unpaired) electrons. The first kappa shape index (κ1) is 10.4. The molecule has 0 saturated heterocycles. The Morgan fingerprint density at radius 3 is 2.79 bits per heavy atom. The molecule has 0 aliphatic rings. The van der Waals surface area contributed by atoms with Crippen molar-refractivity contribution in [2.75, 3.05) is 14.2 Å². The highest BCUT2D eigenvalue weighted by Crippen LogP contribution is 2.11. The summed E-state index contributed by atoms with van der Waals surface area (Å²) in [5, 5.41) is 0. The van der Waals surface area contributed by atoms with Gasteiger partial charge in [-0.1, -0.05) is 0 Å². The Morgan fingerprint density at radius 1 is 1.50 bits per heavy atom. The first-order valence-electron chi connectivity index (χ1n) is 3.93. The largest absolute Gasteiger partial charge is 0.481 e. The molecule has 1 rings (SSSR count). The Labute approximate surface area is 80.7 Å². The van der Waals surface area contributed by atoms with Gasteiger partial charge in [0, 0.05) is 6.07 Å². The Morgan fingerprint density at radius 2 is 2.21 bits per heavy atom. The Balaban J connectivity index is 2.86. The van der Waals surface area contributed by atoms with Crippen LogP contribution in [0.15, 0.2) is 12.1 Å². The minimum Gasteiger partial charge on any atom is -0.481 e. The van der Waals surface area contributed by atoms with Crippen molar-refractivity contribution >= 4 is 5.97 Å². The molecule has 1 aromatic heterocycles. The summed E-state index contributed by atoms with van der Waals surface area (Å²) >= 11 is 0. The lowest BCUT2D eigenvalue weighted by atomic mass is 10.2. The molecule has 0 spiro atoms. The fourth-order valence-electron chi connectivity index (χ4n) is 0.940. The summed E-state index contributed by atoms with van der Waals surface area (Å²) < 4.78 is 22.1. The average molecular weight is 199 g/mol. The molecule has 0 aliphatic heterocycles. The highest BCUT2D eigenvalue weighted by atomic mass is 19.1. The number of hydrogen-bond acceptors (Lipinski definition) is 4. The zero-order chi connectivity index (χ0) is 10.6. The molecule has 0 amide bonds. The fourth-order valence-corrected chi connectivity index (χ4v) is 0.940. The van der Waals surface area contributed by atoms with Gasteiger partial charge in [-0.15, -0.1) is 0 Å². The van der Waals surface area contributed by atoms with Crippen LogP contribution < -0.4 is 4.74 Å². The molecule has 0 atom stereocenters. The van der Waals surface area contributed by atoms with Gasteiger partial charge < -0.3 is 9.47 Å². The van der Waals surface area contributed by atoms with Crippen LogP contribution >= 0.6 is 0 Å². The molecule has 0 unspecified atom stereocenters. The van der Waals surface area contributed by atoms with Gasteiger partial charge in [-0.2, -0.15) is 0 Å². The van der Waals surface area contributed by atoms with Crippen LogP contribution in [0.3, 0.4) is 0 Å². The van der Waals surface area contributed by atoms with E-state index < -0.39 is 11.8 Å². The predicted molar refractivity (Wildman–Crippen MR) is 46.5 cm³/mol. The Bertz CT molecular complexity index is 341. The van der Waals surface area contributed by atoms with E-state index >= 15 is 0 Å². The van der Waals surface area contributed by atoms with Crippen LogP contribution in [0, 0.1) is 5.82 Å². The number of rotatable bonds is 3. The summed E-state index contributed by atoms with van der Waals surface area (Å²) in [5.41, 5.74) is 0.286. The van der Waals surface area contributed by atoms with Crippen LogP contribution in [0.1, 0.15) is 5.69 Å². The summed E-state index contributed by atoms with van der Waals surface area (Å²) in [6, 6.07) is 2.31. The van der Waals surface area contributed by atoms with E-state index in [0.717, 1.165) is 6.07 Å². The lowest BCUT2D eigenvalue weighted by Gasteiger charge is -2.02. The first-order valence-corrected chi connectivity index (χ1v) is 3.93. The van der Waals surface area contributed by atoms with Crippen LogP contribution in [-0.2, 0) is 16.0 Å². The third-order valence-electron chi connectivity index (χ3n) is 1.58. The van der Waals surface area contributed by atoms with Gasteiger partial charge in [0.1, 0.15) is 5.82 Å². The summed E-state index contributed by atoms with van der Waals surface area (Å²) in [5.74, 6) is -0.815. The summed E-state index contributed by atoms with van der Waals surface area (Å²) in [6.45, 7) is 0. The number of halogens is 1. The number of pyridine rings is 1. The van der Waals surface area contributed by atoms with Crippen LogP contribution in [-0.4, -0.2) is 25.2 Å². The predicted octanol–water partition coefficient (Wildman–Crippen LogP) is 0.945. The third-order valence-corrected chi connectivity index (χ3v) is 1.58. The molecule has 14 heavy (non-hydrogen) atoms. The lowest BCUT2D eigenvalue weighted by molar-refractivity contribution is -0.139. The average Bonchev–Trinajstić information content (AvgIpc) is 2.16. The van der Waals surface area contributed by atoms with Crippen LogP contribution in [0.25, 0.3) is 0 Å². The number of carbonyl (C=O) groups is 1. The molecule has 4 nitrogen and oxygen atoms in total. The molecule has 0 fully saturated rings. The summed E-state index contributed by atoms with van der Waals surface area (Å²) in [6.07, 6.45) is -0.0649. The second kappa shape index (κ2) is 4.55. The highest BCUT2D eigenvalue weighted by molar-refractivity contribution is 5.71. The third kappa shape index (κ3) is 2.69. The zero-order valence-electron chi connectivity index (χ0n) is 7.91. The standard InChI is InChI=1S/C9H10FNO3/c1-13-8-4-6(10)3-7(11-8)5-9(12)14-2/h3-4H,5H2,1-2H3. The van der Waals surface area contributed by atoms with E-state index in [4.69, 9.17) is 4.74 Å². The number of hydrogen-bond donors (Lipinski definition) is 0. The van der Waals surface area contributed by atoms with Crippen molar-refractivity contribution in [2.24, 2.45) is 0 Å². The van der Waals surface area contributed by atoms with E-state index in [-0.39, 0.29) is 18.0 Å². The SMILES string of the molecule is COC(=O)Cc1cc(F)cc(OC)n1. The second-order valence-corrected chi connectivity index (χ2v) is 2.57. The van der Waals surface area contributed by atoms with Gasteiger partial charge in [-0.05, 0) is 6.07 Å². The van der Waals surface area contributed by atoms with Crippen molar-refractivity contribution in [1.29, 1.82) is 0 Å². The monoisotopic (exact) mass is 199 g/mol. The maximum atomic E-state index is 12.9. The number of methoxy groups -OCH3 is 2. The molecule has 0 aromatic carbocycles. The van der Waals surface area contributed by atoms with E-state index in [0.29, 0.717) is 0 Å². The molecule has 0 saturated carbocycles. The quantitative estimate of drug-likeness (QED) is 0.680. The van der Waals surface area contributed by atoms with Gasteiger partial charge in [0.15, 0.2) is 0 Å². The molecular formula is C9H10FNO3. The van der Waals surface area contributed by atoms with Gasteiger partial charge in [0.05, 0.1) is 26.3 Å². The van der Waals surface area contributed by atoms with Crippen molar-refractivity contribution in [2.45, 2.75) is 6.42 Å². The van der Waals surface area contributed by atoms with Crippen molar-refractivity contribution in [3.8, 4) is 5.88 Å². The highest BCUT2D eigenvalue weighted by Gasteiger charge is 2.07. The Hall–Kier alpha value is -1.65. The maximum Gasteiger partial charge on any atom is 0.311 e. The van der Waals surface area contributed by atoms with E-state index in [1.807, 2.05) is 0 Å². The minimum atomic E-state index is -0.490. The first-order chi connectivity index (χ1) is 6.65. The fraction of sp³-hybridized carbons (Fsp3) is 0.333. The number of nitrogens with zero attached hydrogens (tertiary/aromatic N) is 1. The number of carbonyl (C=O) groups excluding carboxylic acids is 1. The molecule has 1 heterocycles. The van der Waals surface area contributed by atoms with Crippen molar-refractivity contribution < 1.29 is 18.7 Å². The van der Waals surface area contributed by atoms with Gasteiger partial charge in [-0.25, -0.2) is 9.37 Å². The number of esters is 1. The molecule has 1 aromatic rings. The second-order valence-electron chi connectivity index (χ2n) is 2.57. The molecule has 5 heteroatoms. The van der Waals surface area contributed by atoms with E-state index in [9.17, 15) is 9.18 Å².